The van der Waals surface area contributed by atoms with E-state index >= 15 is 0 Å². The highest BCUT2D eigenvalue weighted by atomic mass is 35.5. The fraction of sp³-hybridized carbons (Fsp3) is 0.158. The molecule has 7 nitrogen and oxygen atoms in total. The summed E-state index contributed by atoms with van der Waals surface area (Å²) in [6, 6.07) is 9.76. The van der Waals surface area contributed by atoms with E-state index in [-0.39, 0.29) is 11.3 Å². The summed E-state index contributed by atoms with van der Waals surface area (Å²) in [6.07, 6.45) is 0. The number of ether oxygens (including phenoxy) is 2. The Kier molecular flexibility index (Phi) is 5.23. The summed E-state index contributed by atoms with van der Waals surface area (Å²) >= 11 is 5.98. The number of hydrogen-bond acceptors (Lipinski definition) is 5. The lowest BCUT2D eigenvalue weighted by atomic mass is 10.1. The Balaban J connectivity index is 1.76. The fourth-order valence-electron chi connectivity index (χ4n) is 2.59. The van der Waals surface area contributed by atoms with Crippen molar-refractivity contribution in [1.29, 1.82) is 0 Å². The average Bonchev–Trinajstić information content (AvgIpc) is 3.01. The molecule has 0 radical (unpaired) electrons. The topological polar surface area (TPSA) is 89.8 Å². The second kappa shape index (κ2) is 7.59. The smallest absolute Gasteiger partial charge is 0.305 e. The number of carbonyl (C=O) groups excluding carboxylic acids is 2. The van der Waals surface area contributed by atoms with Crippen molar-refractivity contribution in [3.8, 4) is 11.5 Å². The van der Waals surface area contributed by atoms with Gasteiger partial charge in [0.1, 0.15) is 17.1 Å². The molecule has 0 unspecified atom stereocenters. The van der Waals surface area contributed by atoms with Crippen molar-refractivity contribution in [3.05, 3.63) is 58.3 Å². The number of fused-ring (bicyclic) bond motifs is 1. The molecule has 0 aliphatic rings. The Bertz CT molecular complexity index is 1010. The van der Waals surface area contributed by atoms with Crippen LogP contribution in [-0.4, -0.2) is 26.0 Å². The number of aryl methyl sites for hydroxylation is 1. The first-order valence-corrected chi connectivity index (χ1v) is 8.33. The number of hydrogen-bond donors (Lipinski definition) is 2. The molecule has 140 valence electrons. The van der Waals surface area contributed by atoms with Crippen LogP contribution < -0.4 is 20.3 Å². The van der Waals surface area contributed by atoms with Crippen molar-refractivity contribution in [2.75, 3.05) is 14.2 Å². The molecule has 0 spiro atoms. The predicted molar refractivity (Wildman–Crippen MR) is 100 cm³/mol. The van der Waals surface area contributed by atoms with E-state index in [4.69, 9.17) is 25.5 Å². The molecule has 0 bridgehead atoms. The van der Waals surface area contributed by atoms with Crippen LogP contribution in [0.4, 0.5) is 0 Å². The zero-order chi connectivity index (χ0) is 19.6. The summed E-state index contributed by atoms with van der Waals surface area (Å²) < 4.78 is 15.8. The molecule has 0 fully saturated rings. The van der Waals surface area contributed by atoms with Crippen LogP contribution in [0, 0.1) is 6.92 Å². The lowest BCUT2D eigenvalue weighted by Crippen LogP contribution is -2.41. The first-order chi connectivity index (χ1) is 12.9. The predicted octanol–water partition coefficient (Wildman–Crippen LogP) is 3.49. The number of hydrazine groups is 1. The van der Waals surface area contributed by atoms with Crippen LogP contribution in [0.25, 0.3) is 11.0 Å². The third-order valence-corrected chi connectivity index (χ3v) is 4.24. The normalized spacial score (nSPS) is 10.5. The maximum absolute atomic E-state index is 12.4. The van der Waals surface area contributed by atoms with Gasteiger partial charge in [-0.15, -0.1) is 0 Å². The molecule has 27 heavy (non-hydrogen) atoms. The largest absolute Gasteiger partial charge is 0.497 e. The molecule has 0 atom stereocenters. The molecule has 0 aliphatic carbocycles. The van der Waals surface area contributed by atoms with Gasteiger partial charge in [-0.1, -0.05) is 11.6 Å². The number of benzene rings is 2. The van der Waals surface area contributed by atoms with Crippen molar-refractivity contribution in [2.24, 2.45) is 0 Å². The van der Waals surface area contributed by atoms with Crippen molar-refractivity contribution >= 4 is 34.4 Å². The second-order valence-electron chi connectivity index (χ2n) is 5.71. The number of carbonyl (C=O) groups is 2. The summed E-state index contributed by atoms with van der Waals surface area (Å²) in [5.74, 6) is -0.108. The minimum absolute atomic E-state index is 0.0933. The summed E-state index contributed by atoms with van der Waals surface area (Å²) in [4.78, 5) is 24.7. The molecule has 2 aromatic carbocycles. The molecule has 0 saturated heterocycles. The molecule has 1 aromatic heterocycles. The maximum atomic E-state index is 12.4. The zero-order valence-corrected chi connectivity index (χ0v) is 15.6. The molecule has 8 heteroatoms. The Morgan fingerprint density at radius 3 is 2.22 bits per heavy atom. The lowest BCUT2D eigenvalue weighted by Gasteiger charge is -2.09. The van der Waals surface area contributed by atoms with E-state index in [9.17, 15) is 9.59 Å². The molecule has 0 saturated carbocycles. The van der Waals surface area contributed by atoms with Gasteiger partial charge in [-0.2, -0.15) is 0 Å². The van der Waals surface area contributed by atoms with E-state index in [1.165, 1.54) is 26.4 Å². The SMILES string of the molecule is COc1cc(OC)cc(C(=O)NNC(=O)c2oc3ccc(Cl)cc3c2C)c1. The lowest BCUT2D eigenvalue weighted by molar-refractivity contribution is 0.0831. The molecular formula is C19H17ClN2O5. The average molecular weight is 389 g/mol. The standard InChI is InChI=1S/C19H17ClN2O5/c1-10-15-8-12(20)4-5-16(15)27-17(10)19(24)22-21-18(23)11-6-13(25-2)9-14(7-11)26-3/h4-9H,1-3H3,(H,21,23)(H,22,24). The highest BCUT2D eigenvalue weighted by molar-refractivity contribution is 6.31. The molecule has 0 aliphatic heterocycles. The summed E-state index contributed by atoms with van der Waals surface area (Å²) in [6.45, 7) is 1.74. The van der Waals surface area contributed by atoms with E-state index in [1.807, 2.05) is 0 Å². The zero-order valence-electron chi connectivity index (χ0n) is 14.9. The van der Waals surface area contributed by atoms with Gasteiger partial charge in [-0.25, -0.2) is 0 Å². The first-order valence-electron chi connectivity index (χ1n) is 7.95. The Morgan fingerprint density at radius 2 is 1.59 bits per heavy atom. The first kappa shape index (κ1) is 18.6. The van der Waals surface area contributed by atoms with E-state index in [0.29, 0.717) is 27.7 Å². The van der Waals surface area contributed by atoms with Gasteiger partial charge in [0.15, 0.2) is 5.76 Å². The van der Waals surface area contributed by atoms with Crippen LogP contribution in [0.2, 0.25) is 5.02 Å². The monoisotopic (exact) mass is 388 g/mol. The summed E-state index contributed by atoms with van der Waals surface area (Å²) in [5.41, 5.74) is 6.11. The van der Waals surface area contributed by atoms with Crippen LogP contribution in [0.15, 0.2) is 40.8 Å². The third-order valence-electron chi connectivity index (χ3n) is 4.01. The Labute approximate surface area is 160 Å². The van der Waals surface area contributed by atoms with Gasteiger partial charge >= 0.3 is 5.91 Å². The molecule has 2 amide bonds. The minimum atomic E-state index is -0.581. The number of amides is 2. The van der Waals surface area contributed by atoms with E-state index in [1.54, 1.807) is 31.2 Å². The number of rotatable bonds is 4. The highest BCUT2D eigenvalue weighted by Crippen LogP contribution is 2.27. The van der Waals surface area contributed by atoms with Gasteiger partial charge in [0.05, 0.1) is 14.2 Å². The van der Waals surface area contributed by atoms with Crippen LogP contribution in [-0.2, 0) is 0 Å². The van der Waals surface area contributed by atoms with Gasteiger partial charge in [0, 0.05) is 27.6 Å². The molecule has 1 heterocycles. The number of nitrogens with one attached hydrogen (secondary N) is 2. The summed E-state index contributed by atoms with van der Waals surface area (Å²) in [5, 5.41) is 1.27. The van der Waals surface area contributed by atoms with Crippen molar-refractivity contribution in [3.63, 3.8) is 0 Å². The van der Waals surface area contributed by atoms with Crippen LogP contribution >= 0.6 is 11.6 Å². The maximum Gasteiger partial charge on any atom is 0.305 e. The van der Waals surface area contributed by atoms with Crippen molar-refractivity contribution in [2.45, 2.75) is 6.92 Å². The van der Waals surface area contributed by atoms with Crippen molar-refractivity contribution in [1.82, 2.24) is 10.9 Å². The number of methoxy groups -OCH3 is 2. The molecule has 3 rings (SSSR count). The molecule has 3 aromatic rings. The van der Waals surface area contributed by atoms with Gasteiger partial charge in [0.2, 0.25) is 0 Å². The Morgan fingerprint density at radius 1 is 0.963 bits per heavy atom. The van der Waals surface area contributed by atoms with E-state index in [2.05, 4.69) is 10.9 Å². The van der Waals surface area contributed by atoms with Gasteiger partial charge in [0.25, 0.3) is 5.91 Å². The number of furan rings is 1. The molecular weight excluding hydrogens is 372 g/mol. The second-order valence-corrected chi connectivity index (χ2v) is 6.14. The van der Waals surface area contributed by atoms with E-state index < -0.39 is 11.8 Å². The van der Waals surface area contributed by atoms with Gasteiger partial charge in [-0.05, 0) is 37.3 Å². The van der Waals surface area contributed by atoms with Crippen LogP contribution in [0.5, 0.6) is 11.5 Å². The fourth-order valence-corrected chi connectivity index (χ4v) is 2.76. The van der Waals surface area contributed by atoms with Crippen LogP contribution in [0.3, 0.4) is 0 Å². The Hall–Kier alpha value is -3.19. The number of halogens is 1. The highest BCUT2D eigenvalue weighted by Gasteiger charge is 2.19. The minimum Gasteiger partial charge on any atom is -0.497 e. The third kappa shape index (κ3) is 3.83. The molecule has 2 N–H and O–H groups in total. The van der Waals surface area contributed by atoms with E-state index in [0.717, 1.165) is 5.39 Å². The van der Waals surface area contributed by atoms with Crippen molar-refractivity contribution < 1.29 is 23.5 Å². The van der Waals surface area contributed by atoms with Gasteiger partial charge in [-0.3, -0.25) is 20.4 Å². The van der Waals surface area contributed by atoms with Crippen LogP contribution in [0.1, 0.15) is 26.5 Å². The van der Waals surface area contributed by atoms with Gasteiger partial charge < -0.3 is 13.9 Å². The summed E-state index contributed by atoms with van der Waals surface area (Å²) in [7, 11) is 2.96. The quantitative estimate of drug-likeness (QED) is 0.668.